The number of nitrogens with one attached hydrogen (secondary N) is 1. The van der Waals surface area contributed by atoms with Crippen LogP contribution < -0.4 is 10.2 Å². The topological polar surface area (TPSA) is 108 Å². The predicted octanol–water partition coefficient (Wildman–Crippen LogP) is 11.5. The van der Waals surface area contributed by atoms with Gasteiger partial charge in [-0.25, -0.2) is 0 Å². The predicted molar refractivity (Wildman–Crippen MR) is 224 cm³/mol. The van der Waals surface area contributed by atoms with Crippen molar-refractivity contribution in [3.8, 4) is 0 Å². The lowest BCUT2D eigenvalue weighted by molar-refractivity contribution is -0.870. The van der Waals surface area contributed by atoms with E-state index in [1.165, 1.54) is 141 Å². The zero-order chi connectivity index (χ0) is 39.3. The number of phosphoric ester groups is 1. The third-order valence-corrected chi connectivity index (χ3v) is 10.9. The van der Waals surface area contributed by atoms with Crippen molar-refractivity contribution in [1.29, 1.82) is 0 Å². The number of amides is 1. The van der Waals surface area contributed by atoms with Crippen LogP contribution in [0.25, 0.3) is 0 Å². The van der Waals surface area contributed by atoms with E-state index in [-0.39, 0.29) is 19.1 Å². The van der Waals surface area contributed by atoms with Gasteiger partial charge in [0.05, 0.1) is 39.9 Å². The van der Waals surface area contributed by atoms with E-state index in [0.29, 0.717) is 17.4 Å². The molecule has 0 aromatic heterocycles. The zero-order valence-corrected chi connectivity index (χ0v) is 36.4. The van der Waals surface area contributed by atoms with Gasteiger partial charge in [-0.05, 0) is 44.9 Å². The monoisotopic (exact) mass is 771 g/mol. The summed E-state index contributed by atoms with van der Waals surface area (Å²) >= 11 is 0. The molecular formula is C44H87N2O6P. The maximum atomic E-state index is 12.8. The molecule has 0 saturated carbocycles. The number of unbranched alkanes of at least 4 members (excludes halogenated alkanes) is 25. The van der Waals surface area contributed by atoms with Crippen LogP contribution in [0.5, 0.6) is 0 Å². The molecule has 0 rings (SSSR count). The number of likely N-dealkylation sites (N-methyl/N-ethyl adjacent to an activating group) is 1. The molecule has 53 heavy (non-hydrogen) atoms. The first-order valence-corrected chi connectivity index (χ1v) is 23.7. The molecule has 0 saturated heterocycles. The van der Waals surface area contributed by atoms with Crippen molar-refractivity contribution in [2.75, 3.05) is 40.9 Å². The summed E-state index contributed by atoms with van der Waals surface area (Å²) in [6.45, 7) is 4.64. The Morgan fingerprint density at radius 1 is 0.642 bits per heavy atom. The van der Waals surface area contributed by atoms with Crippen LogP contribution in [0.2, 0.25) is 0 Å². The Morgan fingerprint density at radius 2 is 1.04 bits per heavy atom. The van der Waals surface area contributed by atoms with Gasteiger partial charge >= 0.3 is 0 Å². The van der Waals surface area contributed by atoms with E-state index >= 15 is 0 Å². The first kappa shape index (κ1) is 52.0. The van der Waals surface area contributed by atoms with Crippen LogP contribution in [0.1, 0.15) is 200 Å². The van der Waals surface area contributed by atoms with E-state index in [2.05, 4.69) is 31.3 Å². The third kappa shape index (κ3) is 39.0. The summed E-state index contributed by atoms with van der Waals surface area (Å²) in [6, 6.07) is -0.884. The van der Waals surface area contributed by atoms with E-state index in [9.17, 15) is 19.4 Å². The fourth-order valence-electron chi connectivity index (χ4n) is 6.32. The molecule has 0 aliphatic carbocycles. The summed E-state index contributed by atoms with van der Waals surface area (Å²) in [6.07, 6.45) is 42.1. The Hall–Kier alpha value is -1.02. The van der Waals surface area contributed by atoms with Gasteiger partial charge in [-0.15, -0.1) is 0 Å². The SMILES string of the molecule is CCCCCCCC/C=C/CCCCCCCCCC(=O)N[C@@H](COP(=O)([O-])OCC[N+](C)(C)C)[C@H](O)/C=C/CCCCCCCCCCCCCC. The molecule has 0 spiro atoms. The molecule has 0 aliphatic heterocycles. The third-order valence-electron chi connectivity index (χ3n) is 9.91. The normalized spacial score (nSPS) is 14.6. The van der Waals surface area contributed by atoms with E-state index < -0.39 is 20.0 Å². The highest BCUT2D eigenvalue weighted by atomic mass is 31.2. The van der Waals surface area contributed by atoms with Gasteiger partial charge in [-0.3, -0.25) is 9.36 Å². The van der Waals surface area contributed by atoms with Crippen LogP contribution in [0.3, 0.4) is 0 Å². The highest BCUT2D eigenvalue weighted by Crippen LogP contribution is 2.38. The van der Waals surface area contributed by atoms with Crippen molar-refractivity contribution in [2.24, 2.45) is 0 Å². The minimum Gasteiger partial charge on any atom is -0.756 e. The molecule has 3 atom stereocenters. The van der Waals surface area contributed by atoms with Crippen LogP contribution in [-0.2, 0) is 18.4 Å². The number of hydrogen-bond acceptors (Lipinski definition) is 6. The highest BCUT2D eigenvalue weighted by Gasteiger charge is 2.23. The summed E-state index contributed by atoms with van der Waals surface area (Å²) in [4.78, 5) is 25.3. The summed E-state index contributed by atoms with van der Waals surface area (Å²) in [5.74, 6) is -0.202. The van der Waals surface area contributed by atoms with Gasteiger partial charge in [-0.2, -0.15) is 0 Å². The van der Waals surface area contributed by atoms with Crippen LogP contribution >= 0.6 is 7.82 Å². The fourth-order valence-corrected chi connectivity index (χ4v) is 7.05. The molecule has 9 heteroatoms. The number of aliphatic hydroxyl groups excluding tert-OH is 1. The average Bonchev–Trinajstić information content (AvgIpc) is 3.10. The van der Waals surface area contributed by atoms with Crippen molar-refractivity contribution >= 4 is 13.7 Å². The molecule has 1 amide bonds. The van der Waals surface area contributed by atoms with Crippen LogP contribution in [0.4, 0.5) is 0 Å². The Balaban J connectivity index is 4.42. The summed E-state index contributed by atoms with van der Waals surface area (Å²) in [7, 11) is 1.26. The number of allylic oxidation sites excluding steroid dienone is 3. The molecule has 0 fully saturated rings. The minimum atomic E-state index is -4.58. The van der Waals surface area contributed by atoms with Gasteiger partial charge < -0.3 is 28.8 Å². The second-order valence-corrected chi connectivity index (χ2v) is 17.8. The van der Waals surface area contributed by atoms with Crippen molar-refractivity contribution in [3.63, 3.8) is 0 Å². The lowest BCUT2D eigenvalue weighted by Crippen LogP contribution is -2.45. The van der Waals surface area contributed by atoms with Gasteiger partial charge in [0.25, 0.3) is 7.82 Å². The summed E-state index contributed by atoms with van der Waals surface area (Å²) in [5, 5.41) is 13.8. The number of carbonyl (C=O) groups excluding carboxylic acids is 1. The number of carbonyl (C=O) groups is 1. The fraction of sp³-hybridized carbons (Fsp3) is 0.886. The van der Waals surface area contributed by atoms with Crippen molar-refractivity contribution in [2.45, 2.75) is 212 Å². The Labute approximate surface area is 328 Å². The number of rotatable bonds is 40. The first-order chi connectivity index (χ1) is 25.5. The molecule has 8 nitrogen and oxygen atoms in total. The zero-order valence-electron chi connectivity index (χ0n) is 35.5. The minimum absolute atomic E-state index is 0.000829. The highest BCUT2D eigenvalue weighted by molar-refractivity contribution is 7.45. The van der Waals surface area contributed by atoms with Gasteiger partial charge in [-0.1, -0.05) is 173 Å². The Morgan fingerprint density at radius 3 is 1.47 bits per heavy atom. The first-order valence-electron chi connectivity index (χ1n) is 22.2. The van der Waals surface area contributed by atoms with E-state index in [1.54, 1.807) is 6.08 Å². The van der Waals surface area contributed by atoms with Crippen molar-refractivity contribution in [3.05, 3.63) is 24.3 Å². The number of quaternary nitrogens is 1. The number of nitrogens with zero attached hydrogens (tertiary/aromatic N) is 1. The van der Waals surface area contributed by atoms with Crippen LogP contribution in [0, 0.1) is 0 Å². The molecule has 0 aliphatic rings. The lowest BCUT2D eigenvalue weighted by atomic mass is 10.0. The van der Waals surface area contributed by atoms with Gasteiger partial charge in [0.2, 0.25) is 5.91 Å². The average molecular weight is 771 g/mol. The molecular weight excluding hydrogens is 683 g/mol. The van der Waals surface area contributed by atoms with Gasteiger partial charge in [0, 0.05) is 6.42 Å². The molecule has 0 radical (unpaired) electrons. The smallest absolute Gasteiger partial charge is 0.268 e. The van der Waals surface area contributed by atoms with Crippen LogP contribution in [-0.4, -0.2) is 68.5 Å². The summed E-state index contributed by atoms with van der Waals surface area (Å²) < 4.78 is 23.2. The molecule has 2 N–H and O–H groups in total. The van der Waals surface area contributed by atoms with E-state index in [4.69, 9.17) is 9.05 Å². The molecule has 0 aromatic carbocycles. The van der Waals surface area contributed by atoms with Crippen molar-refractivity contribution < 1.29 is 32.9 Å². The molecule has 314 valence electrons. The second-order valence-electron chi connectivity index (χ2n) is 16.4. The Bertz CT molecular complexity index is 922. The number of phosphoric acid groups is 1. The number of hydrogen-bond donors (Lipinski definition) is 2. The van der Waals surface area contributed by atoms with Crippen molar-refractivity contribution in [1.82, 2.24) is 5.32 Å². The quantitative estimate of drug-likeness (QED) is 0.0278. The lowest BCUT2D eigenvalue weighted by Gasteiger charge is -2.29. The van der Waals surface area contributed by atoms with E-state index in [0.717, 1.165) is 38.5 Å². The molecule has 1 unspecified atom stereocenters. The standard InChI is InChI=1S/C44H87N2O6P/c1-6-8-10-12-14-16-18-20-22-23-24-26-28-30-32-34-36-38-44(48)45-42(41-52-53(49,50)51-40-39-46(3,4)5)43(47)37-35-33-31-29-27-25-21-19-17-15-13-11-9-7-2/h20,22,35,37,42-43,47H,6-19,21,23-34,36,38-41H2,1-5H3,(H-,45,48,49,50)/b22-20+,37-35+/t42-,43+/m0/s1. The number of aliphatic hydroxyl groups is 1. The maximum Gasteiger partial charge on any atom is 0.268 e. The van der Waals surface area contributed by atoms with Crippen LogP contribution in [0.15, 0.2) is 24.3 Å². The largest absolute Gasteiger partial charge is 0.756 e. The van der Waals surface area contributed by atoms with E-state index in [1.807, 2.05) is 27.2 Å². The second kappa shape index (κ2) is 36.6. The Kier molecular flexibility index (Phi) is 35.9. The van der Waals surface area contributed by atoms with Gasteiger partial charge in [0.15, 0.2) is 0 Å². The molecule has 0 aromatic rings. The molecule has 0 heterocycles. The summed E-state index contributed by atoms with van der Waals surface area (Å²) in [5.41, 5.74) is 0. The molecule has 0 bridgehead atoms. The van der Waals surface area contributed by atoms with Gasteiger partial charge in [0.1, 0.15) is 13.2 Å². The maximum absolute atomic E-state index is 12.8.